The monoisotopic (exact) mass is 867 g/mol. The van der Waals surface area contributed by atoms with E-state index in [2.05, 4.69) is 240 Å². The third-order valence-corrected chi connectivity index (χ3v) is 13.2. The van der Waals surface area contributed by atoms with E-state index in [-0.39, 0.29) is 0 Å². The van der Waals surface area contributed by atoms with Gasteiger partial charge < -0.3 is 4.57 Å². The van der Waals surface area contributed by atoms with Gasteiger partial charge in [0, 0.05) is 38.4 Å². The third kappa shape index (κ3) is 6.76. The first-order valence-electron chi connectivity index (χ1n) is 23.0. The summed E-state index contributed by atoms with van der Waals surface area (Å²) >= 11 is 0. The molecule has 13 rings (SSSR count). The van der Waals surface area contributed by atoms with E-state index >= 15 is 0 Å². The highest BCUT2D eigenvalue weighted by Crippen LogP contribution is 2.43. The highest BCUT2D eigenvalue weighted by molar-refractivity contribution is 6.24. The lowest BCUT2D eigenvalue weighted by atomic mass is 9.99. The van der Waals surface area contributed by atoms with Crippen molar-refractivity contribution in [3.8, 4) is 78.9 Å². The van der Waals surface area contributed by atoms with Gasteiger partial charge in [-0.25, -0.2) is 4.98 Å². The van der Waals surface area contributed by atoms with Crippen LogP contribution < -0.4 is 0 Å². The molecule has 10 aromatic carbocycles. The maximum Gasteiger partial charge on any atom is 0.238 e. The van der Waals surface area contributed by atoms with Crippen molar-refractivity contribution in [1.82, 2.24) is 24.1 Å². The summed E-state index contributed by atoms with van der Waals surface area (Å²) in [7, 11) is 0. The van der Waals surface area contributed by atoms with E-state index < -0.39 is 0 Å². The number of benzene rings is 10. The Hall–Kier alpha value is -9.19. The molecule has 0 atom stereocenters. The highest BCUT2D eigenvalue weighted by Gasteiger charge is 2.24. The van der Waals surface area contributed by atoms with Crippen LogP contribution in [0.15, 0.2) is 249 Å². The Labute approximate surface area is 393 Å². The van der Waals surface area contributed by atoms with Gasteiger partial charge in [-0.3, -0.25) is 4.57 Å². The van der Waals surface area contributed by atoms with Gasteiger partial charge in [-0.15, -0.1) is 0 Å². The summed E-state index contributed by atoms with van der Waals surface area (Å²) in [5.41, 5.74) is 16.3. The molecular weight excluding hydrogens is 827 g/mol. The molecule has 0 saturated carbocycles. The fraction of sp³-hybridized carbons (Fsp3) is 0. The van der Waals surface area contributed by atoms with Crippen LogP contribution in [0.5, 0.6) is 0 Å². The maximum atomic E-state index is 5.49. The van der Waals surface area contributed by atoms with Crippen LogP contribution in [0.25, 0.3) is 123 Å². The average Bonchev–Trinajstić information content (AvgIpc) is 3.94. The van der Waals surface area contributed by atoms with E-state index in [4.69, 9.17) is 15.0 Å². The molecule has 13 aromatic rings. The summed E-state index contributed by atoms with van der Waals surface area (Å²) in [6, 6.07) is 88.2. The molecule has 0 spiro atoms. The van der Waals surface area contributed by atoms with Crippen LogP contribution in [0.4, 0.5) is 0 Å². The number of para-hydroxylation sites is 1. The zero-order valence-corrected chi connectivity index (χ0v) is 36.9. The van der Waals surface area contributed by atoms with Crippen LogP contribution in [-0.2, 0) is 0 Å². The Kier molecular flexibility index (Phi) is 9.43. The lowest BCUT2D eigenvalue weighted by Gasteiger charge is -2.14. The number of nitrogens with zero attached hydrogens (tertiary/aromatic N) is 5. The van der Waals surface area contributed by atoms with E-state index in [0.717, 1.165) is 77.3 Å². The second kappa shape index (κ2) is 16.4. The Bertz CT molecular complexity index is 3970. The fourth-order valence-electron chi connectivity index (χ4n) is 9.91. The van der Waals surface area contributed by atoms with Crippen molar-refractivity contribution in [3.05, 3.63) is 249 Å². The predicted octanol–water partition coefficient (Wildman–Crippen LogP) is 16.1. The van der Waals surface area contributed by atoms with Gasteiger partial charge >= 0.3 is 0 Å². The fourth-order valence-corrected chi connectivity index (χ4v) is 9.91. The van der Waals surface area contributed by atoms with Crippen LogP contribution in [-0.4, -0.2) is 24.1 Å². The smallest absolute Gasteiger partial charge is 0.238 e. The molecular formula is C63H41N5. The van der Waals surface area contributed by atoms with Gasteiger partial charge in [0.2, 0.25) is 5.95 Å². The second-order valence-electron chi connectivity index (χ2n) is 17.2. The van der Waals surface area contributed by atoms with E-state index in [1.54, 1.807) is 0 Å². The number of fused-ring (bicyclic) bond motifs is 7. The largest absolute Gasteiger partial charge is 0.307 e. The normalized spacial score (nSPS) is 11.5. The van der Waals surface area contributed by atoms with Gasteiger partial charge in [0.25, 0.3) is 0 Å². The minimum absolute atomic E-state index is 0.543. The first kappa shape index (κ1) is 39.2. The summed E-state index contributed by atoms with van der Waals surface area (Å²) < 4.78 is 4.70. The van der Waals surface area contributed by atoms with E-state index in [1.165, 1.54) is 27.6 Å². The third-order valence-electron chi connectivity index (χ3n) is 13.2. The maximum absolute atomic E-state index is 5.49. The van der Waals surface area contributed by atoms with Crippen LogP contribution >= 0.6 is 0 Å². The van der Waals surface area contributed by atoms with Crippen molar-refractivity contribution in [3.63, 3.8) is 0 Å². The van der Waals surface area contributed by atoms with E-state index in [1.807, 2.05) is 18.2 Å². The molecule has 0 fully saturated rings. The van der Waals surface area contributed by atoms with Gasteiger partial charge in [-0.1, -0.05) is 206 Å². The van der Waals surface area contributed by atoms with E-state index in [0.29, 0.717) is 17.6 Å². The van der Waals surface area contributed by atoms with Crippen LogP contribution in [0.2, 0.25) is 0 Å². The molecule has 0 amide bonds. The second-order valence-corrected chi connectivity index (χ2v) is 17.2. The SMILES string of the molecule is c1ccc(-c2ccc(-c3cccc(-c4nc(-c5ccccc5)nc(-n5c6ccc(-c7ccccc7)cc6c6ccc7c8cc(-c9ccccc9)ccc8n(-c8ccccc8)c7c65)n4)c3)cc2)cc1. The van der Waals surface area contributed by atoms with Crippen molar-refractivity contribution in [1.29, 1.82) is 0 Å². The molecule has 0 aliphatic rings. The van der Waals surface area contributed by atoms with Crippen LogP contribution in [0, 0.1) is 0 Å². The first-order chi connectivity index (χ1) is 33.7. The van der Waals surface area contributed by atoms with Gasteiger partial charge in [-0.05, 0) is 87.0 Å². The topological polar surface area (TPSA) is 48.5 Å². The Morgan fingerprint density at radius 1 is 0.235 bits per heavy atom. The molecule has 318 valence electrons. The number of rotatable bonds is 8. The summed E-state index contributed by atoms with van der Waals surface area (Å²) in [6.07, 6.45) is 0. The van der Waals surface area contributed by atoms with Gasteiger partial charge in [0.05, 0.1) is 22.1 Å². The number of hydrogen-bond donors (Lipinski definition) is 0. The molecule has 0 saturated heterocycles. The quantitative estimate of drug-likeness (QED) is 0.153. The highest BCUT2D eigenvalue weighted by atomic mass is 15.2. The predicted molar refractivity (Wildman–Crippen MR) is 281 cm³/mol. The van der Waals surface area contributed by atoms with Crippen molar-refractivity contribution < 1.29 is 0 Å². The molecule has 0 radical (unpaired) electrons. The molecule has 0 N–H and O–H groups in total. The van der Waals surface area contributed by atoms with Crippen molar-refractivity contribution in [2.75, 3.05) is 0 Å². The Morgan fingerprint density at radius 3 is 1.15 bits per heavy atom. The standard InChI is InChI=1S/C63H41N5/c1-6-17-42(18-7-1)45-29-31-46(32-30-45)48-25-16-26-51(39-48)62-64-61(47-23-12-4-13-24-47)65-63(66-62)68-58-38-34-50(44-21-10-3-11-22-44)41-56(58)54-36-35-53-55-40-49(43-19-8-2-9-20-43)33-37-57(55)67(59(53)60(54)68)52-27-14-5-15-28-52/h1-41H. The minimum atomic E-state index is 0.543. The summed E-state index contributed by atoms with van der Waals surface area (Å²) in [5.74, 6) is 1.74. The molecule has 3 heterocycles. The van der Waals surface area contributed by atoms with Crippen molar-refractivity contribution in [2.24, 2.45) is 0 Å². The number of hydrogen-bond acceptors (Lipinski definition) is 3. The van der Waals surface area contributed by atoms with Crippen LogP contribution in [0.3, 0.4) is 0 Å². The van der Waals surface area contributed by atoms with Crippen molar-refractivity contribution >= 4 is 43.6 Å². The summed E-state index contributed by atoms with van der Waals surface area (Å²) in [5, 5.41) is 4.54. The van der Waals surface area contributed by atoms with Crippen molar-refractivity contribution in [2.45, 2.75) is 0 Å². The molecule has 0 aliphatic heterocycles. The lowest BCUT2D eigenvalue weighted by molar-refractivity contribution is 0.953. The van der Waals surface area contributed by atoms with E-state index in [9.17, 15) is 0 Å². The molecule has 0 aliphatic carbocycles. The zero-order valence-electron chi connectivity index (χ0n) is 36.9. The summed E-state index contributed by atoms with van der Waals surface area (Å²) in [4.78, 5) is 16.2. The summed E-state index contributed by atoms with van der Waals surface area (Å²) in [6.45, 7) is 0. The molecule has 3 aromatic heterocycles. The van der Waals surface area contributed by atoms with Gasteiger partial charge in [0.15, 0.2) is 11.6 Å². The number of aromatic nitrogens is 5. The minimum Gasteiger partial charge on any atom is -0.307 e. The van der Waals surface area contributed by atoms with Crippen LogP contribution in [0.1, 0.15) is 0 Å². The Morgan fingerprint density at radius 2 is 0.603 bits per heavy atom. The molecule has 0 bridgehead atoms. The van der Waals surface area contributed by atoms with Gasteiger partial charge in [-0.2, -0.15) is 9.97 Å². The molecule has 68 heavy (non-hydrogen) atoms. The molecule has 5 heteroatoms. The average molecular weight is 868 g/mol. The first-order valence-corrected chi connectivity index (χ1v) is 23.0. The Balaban J connectivity index is 1.09. The molecule has 5 nitrogen and oxygen atoms in total. The van der Waals surface area contributed by atoms with Gasteiger partial charge in [0.1, 0.15) is 0 Å². The molecule has 0 unspecified atom stereocenters. The lowest BCUT2D eigenvalue weighted by Crippen LogP contribution is -2.07. The zero-order chi connectivity index (χ0) is 45.0.